The Morgan fingerprint density at radius 1 is 0.919 bits per heavy atom. The Morgan fingerprint density at radius 2 is 1.49 bits per heavy atom. The summed E-state index contributed by atoms with van der Waals surface area (Å²) in [5.41, 5.74) is 6.66. The van der Waals surface area contributed by atoms with Crippen molar-refractivity contribution in [1.82, 2.24) is 4.90 Å². The van der Waals surface area contributed by atoms with E-state index in [2.05, 4.69) is 84.4 Å². The van der Waals surface area contributed by atoms with Gasteiger partial charge < -0.3 is 4.90 Å². The van der Waals surface area contributed by atoms with Crippen LogP contribution in [0, 0.1) is 46.3 Å². The zero-order valence-electron chi connectivity index (χ0n) is 25.6. The molecule has 4 aliphatic heterocycles. The molecule has 4 saturated carbocycles. The van der Waals surface area contributed by atoms with Gasteiger partial charge in [0.1, 0.15) is 5.16 Å². The van der Waals surface area contributed by atoms with Gasteiger partial charge in [0.05, 0.1) is 36.8 Å². The van der Waals surface area contributed by atoms with E-state index in [-0.39, 0.29) is 10.7 Å². The summed E-state index contributed by atoms with van der Waals surface area (Å²) in [5.74, 6) is 5.01. The highest BCUT2D eigenvalue weighted by molar-refractivity contribution is 7.81. The van der Waals surface area contributed by atoms with Gasteiger partial charge in [0.25, 0.3) is 0 Å². The van der Waals surface area contributed by atoms with Gasteiger partial charge in [-0.3, -0.25) is 0 Å². The van der Waals surface area contributed by atoms with E-state index in [9.17, 15) is 0 Å². The van der Waals surface area contributed by atoms with Crippen LogP contribution >= 0.6 is 7.26 Å². The predicted octanol–water partition coefficient (Wildman–Crippen LogP) is 9.87. The molecule has 5 aliphatic carbocycles. The van der Waals surface area contributed by atoms with Gasteiger partial charge >= 0.3 is 0 Å². The van der Waals surface area contributed by atoms with Crippen LogP contribution in [0.4, 0.5) is 0 Å². The molecule has 0 aromatic rings. The highest BCUT2D eigenvalue weighted by Crippen LogP contribution is 2.90. The van der Waals surface area contributed by atoms with Crippen LogP contribution in [-0.4, -0.2) is 28.4 Å². The maximum Gasteiger partial charge on any atom is 0.144 e. The third-order valence-corrected chi connectivity index (χ3v) is 18.8. The maximum absolute atomic E-state index is 3.13. The van der Waals surface area contributed by atoms with E-state index in [4.69, 9.17) is 0 Å². The SMILES string of the molecule is CCC1(CC)CC(C)(C)N2C1=C(C13CC4CC(CC(C4)C1)C3)[P+]1(C)C[C@H]3C=C[C@]1(C(C)C)C2=C3C(C)C. The number of nitrogens with zero attached hydrogens (tertiary/aromatic N) is 1. The topological polar surface area (TPSA) is 3.24 Å². The van der Waals surface area contributed by atoms with Crippen molar-refractivity contribution in [2.45, 2.75) is 124 Å². The Labute approximate surface area is 229 Å². The Kier molecular flexibility index (Phi) is 5.21. The summed E-state index contributed by atoms with van der Waals surface area (Å²) >= 11 is 0. The van der Waals surface area contributed by atoms with Crippen LogP contribution in [0.2, 0.25) is 0 Å². The van der Waals surface area contributed by atoms with Crippen LogP contribution in [0.15, 0.2) is 34.4 Å². The molecule has 4 heterocycles. The van der Waals surface area contributed by atoms with E-state index in [1.807, 2.05) is 17.0 Å². The Morgan fingerprint density at radius 3 is 1.97 bits per heavy atom. The molecule has 0 radical (unpaired) electrons. The maximum atomic E-state index is 3.13. The highest BCUT2D eigenvalue weighted by atomic mass is 31.2. The van der Waals surface area contributed by atoms with Gasteiger partial charge in [0.2, 0.25) is 0 Å². The lowest BCUT2D eigenvalue weighted by Crippen LogP contribution is -2.61. The van der Waals surface area contributed by atoms with Gasteiger partial charge in [-0.05, 0) is 107 Å². The zero-order chi connectivity index (χ0) is 26.3. The first-order chi connectivity index (χ1) is 17.4. The summed E-state index contributed by atoms with van der Waals surface area (Å²) in [6, 6.07) is 0. The molecule has 0 N–H and O–H groups in total. The van der Waals surface area contributed by atoms with Crippen LogP contribution in [-0.2, 0) is 0 Å². The molecule has 9 aliphatic rings. The number of allylic oxidation sites excluding steroid dienone is 5. The molecule has 2 heteroatoms. The molecule has 5 fully saturated rings. The third kappa shape index (κ3) is 2.83. The van der Waals surface area contributed by atoms with Crippen LogP contribution in [0.1, 0.15) is 113 Å². The summed E-state index contributed by atoms with van der Waals surface area (Å²) in [7, 11) is -1.44. The zero-order valence-corrected chi connectivity index (χ0v) is 26.5. The second-order valence-electron chi connectivity index (χ2n) is 16.5. The van der Waals surface area contributed by atoms with Gasteiger partial charge in [0.15, 0.2) is 0 Å². The summed E-state index contributed by atoms with van der Waals surface area (Å²) in [4.78, 5) is 3.13. The van der Waals surface area contributed by atoms with Gasteiger partial charge in [-0.1, -0.05) is 47.6 Å². The molecule has 0 amide bonds. The fraction of sp³-hybridized carbons (Fsp3) is 0.829. The molecule has 0 aromatic carbocycles. The third-order valence-electron chi connectivity index (χ3n) is 13.5. The van der Waals surface area contributed by atoms with Crippen molar-refractivity contribution in [3.8, 4) is 0 Å². The van der Waals surface area contributed by atoms with Crippen molar-refractivity contribution in [3.63, 3.8) is 0 Å². The lowest BCUT2D eigenvalue weighted by atomic mass is 9.49. The van der Waals surface area contributed by atoms with E-state index in [0.717, 1.165) is 17.8 Å². The van der Waals surface area contributed by atoms with Gasteiger partial charge in [-0.2, -0.15) is 0 Å². The largest absolute Gasteiger partial charge is 0.335 e. The molecule has 37 heavy (non-hydrogen) atoms. The molecular weight excluding hydrogens is 465 g/mol. The minimum absolute atomic E-state index is 0.197. The first-order valence-electron chi connectivity index (χ1n) is 16.2. The summed E-state index contributed by atoms with van der Waals surface area (Å²) in [6.07, 6.45) is 20.2. The van der Waals surface area contributed by atoms with Gasteiger partial charge in [0, 0.05) is 28.2 Å². The van der Waals surface area contributed by atoms with E-state index in [1.54, 1.807) is 19.3 Å². The standard InChI is InChI=1S/C35H55NP/c1-10-33(11-2)21-32(7,8)36-29-28(22(3)4)27-12-13-35(29,23(5)6)37(9,20-27)31(30(33)36)34-17-24-14-25(18-34)16-26(15-24)19-34/h12-13,22-27H,10-11,14-21H2,1-9H3/q+1/t24?,25?,26?,27-,34?,35+,37?/m1/s1. The number of rotatable bonds is 5. The normalized spacial score (nSPS) is 46.2. The summed E-state index contributed by atoms with van der Waals surface area (Å²) in [6.45, 7) is 23.5. The van der Waals surface area contributed by atoms with E-state index >= 15 is 0 Å². The van der Waals surface area contributed by atoms with Crippen LogP contribution < -0.4 is 0 Å². The van der Waals surface area contributed by atoms with E-state index < -0.39 is 7.26 Å². The van der Waals surface area contributed by atoms with Gasteiger partial charge in [-0.15, -0.1) is 0 Å². The average molecular weight is 521 g/mol. The van der Waals surface area contributed by atoms with Crippen molar-refractivity contribution < 1.29 is 0 Å². The molecule has 1 unspecified atom stereocenters. The van der Waals surface area contributed by atoms with Crippen molar-refractivity contribution in [2.24, 2.45) is 46.3 Å². The molecule has 1 nitrogen and oxygen atoms in total. The van der Waals surface area contributed by atoms with Crippen LogP contribution in [0.5, 0.6) is 0 Å². The van der Waals surface area contributed by atoms with Crippen molar-refractivity contribution in [3.05, 3.63) is 34.4 Å². The predicted molar refractivity (Wildman–Crippen MR) is 161 cm³/mol. The lowest BCUT2D eigenvalue weighted by molar-refractivity contribution is -0.0290. The fourth-order valence-electron chi connectivity index (χ4n) is 12.8. The Balaban J connectivity index is 1.62. The Bertz CT molecular complexity index is 1080. The molecule has 0 aromatic heterocycles. The van der Waals surface area contributed by atoms with Crippen LogP contribution in [0.25, 0.3) is 0 Å². The molecule has 9 rings (SSSR count). The minimum atomic E-state index is -1.44. The molecule has 1 saturated heterocycles. The van der Waals surface area contributed by atoms with Gasteiger partial charge in [-0.25, -0.2) is 0 Å². The number of hydrogen-bond acceptors (Lipinski definition) is 1. The fourth-order valence-corrected chi connectivity index (χ4v) is 19.2. The number of fused-ring (bicyclic) bond motifs is 1. The van der Waals surface area contributed by atoms with E-state index in [1.165, 1.54) is 44.7 Å². The molecule has 204 valence electrons. The van der Waals surface area contributed by atoms with Crippen molar-refractivity contribution >= 4 is 7.26 Å². The average Bonchev–Trinajstić information content (AvgIpc) is 3.03. The quantitative estimate of drug-likeness (QED) is 0.257. The van der Waals surface area contributed by atoms with Crippen molar-refractivity contribution in [1.29, 1.82) is 0 Å². The van der Waals surface area contributed by atoms with Crippen molar-refractivity contribution in [2.75, 3.05) is 12.8 Å². The summed E-state index contributed by atoms with van der Waals surface area (Å²) < 4.78 is 0. The molecule has 3 atom stereocenters. The minimum Gasteiger partial charge on any atom is -0.335 e. The summed E-state index contributed by atoms with van der Waals surface area (Å²) in [5, 5.41) is 2.39. The van der Waals surface area contributed by atoms with E-state index in [0.29, 0.717) is 28.6 Å². The smallest absolute Gasteiger partial charge is 0.144 e. The second kappa shape index (κ2) is 7.59. The lowest BCUT2D eigenvalue weighted by Gasteiger charge is -2.67. The Hall–Kier alpha value is -0.550. The first-order valence-corrected chi connectivity index (χ1v) is 18.7. The number of hydrogen-bond donors (Lipinski definition) is 0. The molecule has 0 spiro atoms. The highest BCUT2D eigenvalue weighted by Gasteiger charge is 2.77. The monoisotopic (exact) mass is 520 g/mol. The second-order valence-corrected chi connectivity index (χ2v) is 20.4. The molecular formula is C35H55NP+. The molecule has 8 bridgehead atoms. The first kappa shape index (κ1) is 25.4. The van der Waals surface area contributed by atoms with Crippen LogP contribution in [0.3, 0.4) is 0 Å².